The summed E-state index contributed by atoms with van der Waals surface area (Å²) in [5.41, 5.74) is 3.06. The van der Waals surface area contributed by atoms with Crippen LogP contribution in [0.15, 0.2) is 18.2 Å². The summed E-state index contributed by atoms with van der Waals surface area (Å²) in [6.45, 7) is 3.99. The van der Waals surface area contributed by atoms with Crippen LogP contribution in [0, 0.1) is 0 Å². The number of nitrogens with one attached hydrogen (secondary N) is 2. The molecule has 1 aromatic carbocycles. The van der Waals surface area contributed by atoms with Crippen molar-refractivity contribution in [3.05, 3.63) is 29.3 Å². The molecule has 20 heavy (non-hydrogen) atoms. The smallest absolute Gasteiger partial charge is 0.253 e. The fraction of sp³-hybridized carbons (Fsp3) is 0.562. The third-order valence-corrected chi connectivity index (χ3v) is 3.71. The highest BCUT2D eigenvalue weighted by Crippen LogP contribution is 2.26. The molecule has 0 fully saturated rings. The normalized spacial score (nSPS) is 15.4. The van der Waals surface area contributed by atoms with Crippen LogP contribution in [-0.4, -0.2) is 44.0 Å². The lowest BCUT2D eigenvalue weighted by atomic mass is 9.99. The zero-order valence-corrected chi connectivity index (χ0v) is 12.7. The van der Waals surface area contributed by atoms with Crippen molar-refractivity contribution < 1.29 is 4.79 Å². The van der Waals surface area contributed by atoms with Crippen LogP contribution >= 0.6 is 0 Å². The van der Waals surface area contributed by atoms with Crippen LogP contribution in [0.1, 0.15) is 35.7 Å². The second-order valence-electron chi connectivity index (χ2n) is 5.84. The molecule has 0 radical (unpaired) electrons. The highest BCUT2D eigenvalue weighted by Gasteiger charge is 2.18. The molecule has 1 unspecified atom stereocenters. The van der Waals surface area contributed by atoms with Crippen molar-refractivity contribution in [1.82, 2.24) is 10.2 Å². The zero-order valence-electron chi connectivity index (χ0n) is 12.7. The molecule has 0 bridgehead atoms. The Balaban J connectivity index is 2.02. The first-order chi connectivity index (χ1) is 9.58. The Morgan fingerprint density at radius 2 is 2.25 bits per heavy atom. The maximum Gasteiger partial charge on any atom is 0.253 e. The summed E-state index contributed by atoms with van der Waals surface area (Å²) >= 11 is 0. The van der Waals surface area contributed by atoms with Crippen LogP contribution < -0.4 is 10.6 Å². The number of amides is 1. The van der Waals surface area contributed by atoms with Crippen LogP contribution in [0.4, 0.5) is 5.69 Å². The van der Waals surface area contributed by atoms with E-state index in [-0.39, 0.29) is 11.9 Å². The molecule has 1 aliphatic heterocycles. The van der Waals surface area contributed by atoms with Gasteiger partial charge in [0.2, 0.25) is 0 Å². The first kappa shape index (κ1) is 14.9. The van der Waals surface area contributed by atoms with Crippen LogP contribution in [0.5, 0.6) is 0 Å². The minimum atomic E-state index is 0.0301. The van der Waals surface area contributed by atoms with Crippen molar-refractivity contribution in [2.75, 3.05) is 32.5 Å². The summed E-state index contributed by atoms with van der Waals surface area (Å²) in [5, 5.41) is 6.46. The van der Waals surface area contributed by atoms with Crippen LogP contribution in [0.3, 0.4) is 0 Å². The third-order valence-electron chi connectivity index (χ3n) is 3.71. The molecule has 110 valence electrons. The number of anilines is 1. The SMILES string of the molecule is CC(CCN(C)C)NC(=O)c1cccc2c1NCCC2. The Morgan fingerprint density at radius 1 is 1.45 bits per heavy atom. The van der Waals surface area contributed by atoms with Gasteiger partial charge < -0.3 is 15.5 Å². The number of fused-ring (bicyclic) bond motifs is 1. The molecule has 4 heteroatoms. The lowest BCUT2D eigenvalue weighted by Gasteiger charge is -2.22. The topological polar surface area (TPSA) is 44.4 Å². The summed E-state index contributed by atoms with van der Waals surface area (Å²) in [4.78, 5) is 14.5. The van der Waals surface area contributed by atoms with Crippen molar-refractivity contribution in [3.63, 3.8) is 0 Å². The van der Waals surface area contributed by atoms with Crippen molar-refractivity contribution in [3.8, 4) is 0 Å². The molecule has 0 aliphatic carbocycles. The van der Waals surface area contributed by atoms with E-state index in [9.17, 15) is 4.79 Å². The maximum atomic E-state index is 12.4. The molecule has 1 aromatic rings. The van der Waals surface area contributed by atoms with Gasteiger partial charge in [-0.25, -0.2) is 0 Å². The van der Waals surface area contributed by atoms with Crippen LogP contribution in [-0.2, 0) is 6.42 Å². The van der Waals surface area contributed by atoms with Gasteiger partial charge in [-0.3, -0.25) is 4.79 Å². The van der Waals surface area contributed by atoms with Crippen molar-refractivity contribution in [1.29, 1.82) is 0 Å². The second kappa shape index (κ2) is 6.75. The molecule has 2 rings (SSSR count). The van der Waals surface area contributed by atoms with E-state index in [2.05, 4.69) is 28.5 Å². The first-order valence-corrected chi connectivity index (χ1v) is 7.39. The zero-order chi connectivity index (χ0) is 14.5. The number of carbonyl (C=O) groups excluding carboxylic acids is 1. The largest absolute Gasteiger partial charge is 0.384 e. The van der Waals surface area contributed by atoms with Gasteiger partial charge in [0.05, 0.1) is 11.3 Å². The summed E-state index contributed by atoms with van der Waals surface area (Å²) in [6, 6.07) is 6.17. The van der Waals surface area contributed by atoms with Gasteiger partial charge in [-0.1, -0.05) is 12.1 Å². The monoisotopic (exact) mass is 275 g/mol. The Morgan fingerprint density at radius 3 is 3.00 bits per heavy atom. The fourth-order valence-electron chi connectivity index (χ4n) is 2.52. The van der Waals surface area contributed by atoms with E-state index < -0.39 is 0 Å². The molecule has 1 heterocycles. The van der Waals surface area contributed by atoms with Crippen molar-refractivity contribution >= 4 is 11.6 Å². The van der Waals surface area contributed by atoms with E-state index in [1.54, 1.807) is 0 Å². The van der Waals surface area contributed by atoms with Crippen LogP contribution in [0.2, 0.25) is 0 Å². The minimum Gasteiger partial charge on any atom is -0.384 e. The molecular formula is C16H25N3O. The van der Waals surface area contributed by atoms with Crippen molar-refractivity contribution in [2.24, 2.45) is 0 Å². The summed E-state index contributed by atoms with van der Waals surface area (Å²) < 4.78 is 0. The van der Waals surface area contributed by atoms with Crippen molar-refractivity contribution in [2.45, 2.75) is 32.2 Å². The Kier molecular flexibility index (Phi) is 5.01. The van der Waals surface area contributed by atoms with E-state index >= 15 is 0 Å². The average Bonchev–Trinajstić information content (AvgIpc) is 2.44. The van der Waals surface area contributed by atoms with Gasteiger partial charge in [0, 0.05) is 12.6 Å². The lowest BCUT2D eigenvalue weighted by molar-refractivity contribution is 0.0937. The molecule has 0 spiro atoms. The van der Waals surface area contributed by atoms with E-state index in [1.807, 2.05) is 26.2 Å². The minimum absolute atomic E-state index is 0.0301. The van der Waals surface area contributed by atoms with Gasteiger partial charge in [0.1, 0.15) is 0 Å². The second-order valence-corrected chi connectivity index (χ2v) is 5.84. The first-order valence-electron chi connectivity index (χ1n) is 7.39. The summed E-state index contributed by atoms with van der Waals surface area (Å²) in [7, 11) is 4.10. The quantitative estimate of drug-likeness (QED) is 0.865. The average molecular weight is 275 g/mol. The third kappa shape index (κ3) is 3.73. The lowest BCUT2D eigenvalue weighted by Crippen LogP contribution is -2.35. The van der Waals surface area contributed by atoms with Gasteiger partial charge in [-0.05, 0) is 58.5 Å². The summed E-state index contributed by atoms with van der Waals surface area (Å²) in [5.74, 6) is 0.0301. The molecule has 0 saturated carbocycles. The number of benzene rings is 1. The fourth-order valence-corrected chi connectivity index (χ4v) is 2.52. The molecule has 1 atom stereocenters. The summed E-state index contributed by atoms with van der Waals surface area (Å²) in [6.07, 6.45) is 3.15. The van der Waals surface area contributed by atoms with E-state index in [1.165, 1.54) is 5.56 Å². The highest BCUT2D eigenvalue weighted by atomic mass is 16.1. The number of carbonyl (C=O) groups is 1. The Labute approximate surface area is 121 Å². The molecule has 0 saturated heterocycles. The van der Waals surface area contributed by atoms with E-state index in [0.717, 1.165) is 43.6 Å². The molecule has 2 N–H and O–H groups in total. The number of hydrogen-bond donors (Lipinski definition) is 2. The van der Waals surface area contributed by atoms with Gasteiger partial charge >= 0.3 is 0 Å². The molecule has 4 nitrogen and oxygen atoms in total. The highest BCUT2D eigenvalue weighted by molar-refractivity contribution is 6.00. The Hall–Kier alpha value is -1.55. The number of para-hydroxylation sites is 1. The van der Waals surface area contributed by atoms with E-state index in [0.29, 0.717) is 0 Å². The van der Waals surface area contributed by atoms with Crippen LogP contribution in [0.25, 0.3) is 0 Å². The molecule has 1 aliphatic rings. The number of nitrogens with zero attached hydrogens (tertiary/aromatic N) is 1. The molecule has 1 amide bonds. The Bertz CT molecular complexity index is 471. The number of aryl methyl sites for hydroxylation is 1. The van der Waals surface area contributed by atoms with Gasteiger partial charge in [0.25, 0.3) is 5.91 Å². The standard InChI is InChI=1S/C16H25N3O/c1-12(9-11-19(2)3)18-16(20)14-8-4-6-13-7-5-10-17-15(13)14/h4,6,8,12,17H,5,7,9-11H2,1-3H3,(H,18,20). The molecular weight excluding hydrogens is 250 g/mol. The molecule has 0 aromatic heterocycles. The van der Waals surface area contributed by atoms with E-state index in [4.69, 9.17) is 0 Å². The van der Waals surface area contributed by atoms with Gasteiger partial charge in [-0.2, -0.15) is 0 Å². The predicted octanol–water partition coefficient (Wildman–Crippen LogP) is 2.11. The number of hydrogen-bond acceptors (Lipinski definition) is 3. The maximum absolute atomic E-state index is 12.4. The number of rotatable bonds is 5. The van der Waals surface area contributed by atoms with Gasteiger partial charge in [-0.15, -0.1) is 0 Å². The van der Waals surface area contributed by atoms with Gasteiger partial charge in [0.15, 0.2) is 0 Å². The predicted molar refractivity (Wildman–Crippen MR) is 83.4 cm³/mol.